The Morgan fingerprint density at radius 3 is 2.90 bits per heavy atom. The second-order valence-electron chi connectivity index (χ2n) is 7.17. The van der Waals surface area contributed by atoms with Gasteiger partial charge < -0.3 is 15.1 Å². The molecule has 2 N–H and O–H groups in total. The minimum atomic E-state index is -0.454. The molecule has 2 aromatic heterocycles. The molecule has 1 aliphatic heterocycles. The molecule has 0 fully saturated rings. The van der Waals surface area contributed by atoms with Crippen LogP contribution in [-0.4, -0.2) is 22.4 Å². The minimum absolute atomic E-state index is 0.0769. The van der Waals surface area contributed by atoms with Crippen LogP contribution in [0.3, 0.4) is 0 Å². The van der Waals surface area contributed by atoms with E-state index in [2.05, 4.69) is 9.97 Å². The molecule has 0 saturated carbocycles. The number of benzene rings is 2. The first-order valence-electron chi connectivity index (χ1n) is 9.37. The fraction of sp³-hybridized carbons (Fsp3) is 0.136. The van der Waals surface area contributed by atoms with E-state index in [1.807, 2.05) is 18.2 Å². The third kappa shape index (κ3) is 3.27. The summed E-state index contributed by atoms with van der Waals surface area (Å²) in [6, 6.07) is 11.6. The van der Waals surface area contributed by atoms with Crippen molar-refractivity contribution in [1.29, 1.82) is 0 Å². The van der Waals surface area contributed by atoms with E-state index in [9.17, 15) is 9.18 Å². The molecule has 5 rings (SSSR count). The summed E-state index contributed by atoms with van der Waals surface area (Å²) in [7, 11) is 0. The standard InChI is InChI=1S/C22H16ClFN4O2/c23-15-7-12(8-16(24)11-15)9-19(29)28-5-3-13-10-14(1-2-18(13)28)21-26-20(25)17-4-6-30-22(17)27-21/h1-2,4,6-8,10-11H,3,5,9H2,(H2,25,26,27). The molecule has 4 aromatic rings. The highest BCUT2D eigenvalue weighted by Crippen LogP contribution is 2.33. The highest BCUT2D eigenvalue weighted by molar-refractivity contribution is 6.30. The van der Waals surface area contributed by atoms with Crippen molar-refractivity contribution < 1.29 is 13.6 Å². The lowest BCUT2D eigenvalue weighted by molar-refractivity contribution is -0.117. The molecule has 30 heavy (non-hydrogen) atoms. The van der Waals surface area contributed by atoms with Crippen LogP contribution in [0.1, 0.15) is 11.1 Å². The normalized spacial score (nSPS) is 13.1. The van der Waals surface area contributed by atoms with Gasteiger partial charge in [0.25, 0.3) is 0 Å². The Bertz CT molecular complexity index is 1280. The molecule has 1 amide bonds. The van der Waals surface area contributed by atoms with E-state index in [1.54, 1.807) is 17.0 Å². The van der Waals surface area contributed by atoms with Gasteiger partial charge in [0.2, 0.25) is 11.6 Å². The van der Waals surface area contributed by atoms with Crippen molar-refractivity contribution in [2.75, 3.05) is 17.2 Å². The average molecular weight is 423 g/mol. The summed E-state index contributed by atoms with van der Waals surface area (Å²) in [5.41, 5.74) is 9.63. The van der Waals surface area contributed by atoms with Gasteiger partial charge in [0.1, 0.15) is 11.6 Å². The number of nitrogen functional groups attached to an aromatic ring is 1. The second-order valence-corrected chi connectivity index (χ2v) is 7.60. The Hall–Kier alpha value is -3.45. The molecule has 150 valence electrons. The van der Waals surface area contributed by atoms with Gasteiger partial charge in [-0.2, -0.15) is 4.98 Å². The number of fused-ring (bicyclic) bond motifs is 2. The summed E-state index contributed by atoms with van der Waals surface area (Å²) >= 11 is 5.90. The predicted octanol–water partition coefficient (Wildman–Crippen LogP) is 4.40. The Morgan fingerprint density at radius 2 is 2.07 bits per heavy atom. The maximum absolute atomic E-state index is 13.6. The molecule has 0 radical (unpaired) electrons. The van der Waals surface area contributed by atoms with E-state index in [4.69, 9.17) is 21.8 Å². The molecule has 0 bridgehead atoms. The fourth-order valence-electron chi connectivity index (χ4n) is 3.79. The Morgan fingerprint density at radius 1 is 1.20 bits per heavy atom. The number of carbonyl (C=O) groups excluding carboxylic acids is 1. The summed E-state index contributed by atoms with van der Waals surface area (Å²) in [5, 5.41) is 0.950. The Balaban J connectivity index is 1.42. The van der Waals surface area contributed by atoms with E-state index in [-0.39, 0.29) is 17.4 Å². The highest BCUT2D eigenvalue weighted by atomic mass is 35.5. The van der Waals surface area contributed by atoms with Gasteiger partial charge in [-0.05, 0) is 60.0 Å². The summed E-state index contributed by atoms with van der Waals surface area (Å²) in [6.45, 7) is 0.556. The molecular weight excluding hydrogens is 407 g/mol. The van der Waals surface area contributed by atoms with E-state index in [1.165, 1.54) is 18.4 Å². The lowest BCUT2D eigenvalue weighted by Crippen LogP contribution is -2.30. The molecule has 0 atom stereocenters. The third-order valence-electron chi connectivity index (χ3n) is 5.17. The van der Waals surface area contributed by atoms with Gasteiger partial charge in [0.05, 0.1) is 18.1 Å². The number of aromatic nitrogens is 2. The Labute approximate surface area is 176 Å². The molecule has 1 aliphatic rings. The number of anilines is 2. The van der Waals surface area contributed by atoms with Crippen molar-refractivity contribution in [2.45, 2.75) is 12.8 Å². The van der Waals surface area contributed by atoms with E-state index in [0.717, 1.165) is 16.8 Å². The van der Waals surface area contributed by atoms with Crippen molar-refractivity contribution in [3.8, 4) is 11.4 Å². The Kier molecular flexibility index (Phi) is 4.40. The monoisotopic (exact) mass is 422 g/mol. The number of halogens is 2. The van der Waals surface area contributed by atoms with Crippen LogP contribution in [0, 0.1) is 5.82 Å². The zero-order valence-corrected chi connectivity index (χ0v) is 16.5. The molecule has 0 aliphatic carbocycles. The zero-order valence-electron chi connectivity index (χ0n) is 15.7. The molecule has 3 heterocycles. The smallest absolute Gasteiger partial charge is 0.231 e. The minimum Gasteiger partial charge on any atom is -0.446 e. The first kappa shape index (κ1) is 18.6. The van der Waals surface area contributed by atoms with E-state index in [0.29, 0.717) is 41.3 Å². The lowest BCUT2D eigenvalue weighted by atomic mass is 10.1. The van der Waals surface area contributed by atoms with Crippen molar-refractivity contribution in [1.82, 2.24) is 9.97 Å². The van der Waals surface area contributed by atoms with Crippen LogP contribution >= 0.6 is 11.6 Å². The topological polar surface area (TPSA) is 85.2 Å². The van der Waals surface area contributed by atoms with Crippen LogP contribution in [0.15, 0.2) is 53.1 Å². The summed E-state index contributed by atoms with van der Waals surface area (Å²) in [6.07, 6.45) is 2.31. The number of carbonyl (C=O) groups is 1. The van der Waals surface area contributed by atoms with Gasteiger partial charge in [-0.25, -0.2) is 9.37 Å². The number of hydrogen-bond acceptors (Lipinski definition) is 5. The molecule has 0 saturated heterocycles. The van der Waals surface area contributed by atoms with Crippen LogP contribution in [0.2, 0.25) is 5.02 Å². The van der Waals surface area contributed by atoms with Crippen molar-refractivity contribution in [3.63, 3.8) is 0 Å². The van der Waals surface area contributed by atoms with Gasteiger partial charge in [0, 0.05) is 22.8 Å². The summed E-state index contributed by atoms with van der Waals surface area (Å²) < 4.78 is 18.9. The van der Waals surface area contributed by atoms with Crippen LogP contribution in [0.4, 0.5) is 15.9 Å². The van der Waals surface area contributed by atoms with Crippen molar-refractivity contribution in [2.24, 2.45) is 0 Å². The SMILES string of the molecule is Nc1nc(-c2ccc3c(c2)CCN3C(=O)Cc2cc(F)cc(Cl)c2)nc2occc12. The molecule has 8 heteroatoms. The number of furan rings is 1. The van der Waals surface area contributed by atoms with E-state index < -0.39 is 5.82 Å². The molecule has 2 aromatic carbocycles. The summed E-state index contributed by atoms with van der Waals surface area (Å²) in [4.78, 5) is 23.3. The van der Waals surface area contributed by atoms with Crippen LogP contribution in [0.5, 0.6) is 0 Å². The molecule has 0 spiro atoms. The van der Waals surface area contributed by atoms with Gasteiger partial charge in [-0.3, -0.25) is 4.79 Å². The van der Waals surface area contributed by atoms with E-state index >= 15 is 0 Å². The molecular formula is C22H16ClFN4O2. The van der Waals surface area contributed by atoms with Gasteiger partial charge in [-0.15, -0.1) is 0 Å². The number of amides is 1. The number of hydrogen-bond donors (Lipinski definition) is 1. The number of nitrogens with two attached hydrogens (primary N) is 1. The average Bonchev–Trinajstić information content (AvgIpc) is 3.33. The maximum Gasteiger partial charge on any atom is 0.231 e. The number of nitrogens with zero attached hydrogens (tertiary/aromatic N) is 3. The van der Waals surface area contributed by atoms with Crippen molar-refractivity contribution >= 4 is 40.1 Å². The predicted molar refractivity (Wildman–Crippen MR) is 113 cm³/mol. The lowest BCUT2D eigenvalue weighted by Gasteiger charge is -2.18. The second kappa shape index (κ2) is 7.11. The van der Waals surface area contributed by atoms with Crippen LogP contribution in [-0.2, 0) is 17.6 Å². The zero-order chi connectivity index (χ0) is 20.8. The largest absolute Gasteiger partial charge is 0.446 e. The summed E-state index contributed by atoms with van der Waals surface area (Å²) in [5.74, 6) is 0.261. The first-order chi connectivity index (χ1) is 14.5. The van der Waals surface area contributed by atoms with Gasteiger partial charge in [0.15, 0.2) is 5.82 Å². The first-order valence-corrected chi connectivity index (χ1v) is 9.75. The molecule has 0 unspecified atom stereocenters. The van der Waals surface area contributed by atoms with Crippen LogP contribution < -0.4 is 10.6 Å². The van der Waals surface area contributed by atoms with Gasteiger partial charge in [-0.1, -0.05) is 11.6 Å². The van der Waals surface area contributed by atoms with Gasteiger partial charge >= 0.3 is 0 Å². The quantitative estimate of drug-likeness (QED) is 0.529. The molecule has 6 nitrogen and oxygen atoms in total. The number of rotatable bonds is 3. The van der Waals surface area contributed by atoms with Crippen LogP contribution in [0.25, 0.3) is 22.5 Å². The van der Waals surface area contributed by atoms with Crippen molar-refractivity contribution in [3.05, 3.63) is 70.7 Å². The third-order valence-corrected chi connectivity index (χ3v) is 5.38. The maximum atomic E-state index is 13.6. The fourth-order valence-corrected chi connectivity index (χ4v) is 4.03. The highest BCUT2D eigenvalue weighted by Gasteiger charge is 2.25.